The van der Waals surface area contributed by atoms with Gasteiger partial charge in [-0.15, -0.1) is 0 Å². The molecule has 196 valence electrons. The van der Waals surface area contributed by atoms with Crippen LogP contribution in [0.15, 0.2) is 35.3 Å². The number of hydrogen-bond donors (Lipinski definition) is 2. The SMILES string of the molecule is CC(NC(=O)c1cn([C@@H]2CCC2(F)F)c(=O)cc1NCC1(F)CN(C)C1)c1cccc(C(F)F)c1F. The molecule has 2 aromatic rings. The van der Waals surface area contributed by atoms with Crippen molar-refractivity contribution < 1.29 is 31.1 Å². The number of nitrogens with one attached hydrogen (secondary N) is 2. The minimum atomic E-state index is -3.13. The minimum Gasteiger partial charge on any atom is -0.381 e. The van der Waals surface area contributed by atoms with Crippen LogP contribution in [-0.2, 0) is 0 Å². The number of anilines is 1. The average Bonchev–Trinajstić information content (AvgIpc) is 2.77. The van der Waals surface area contributed by atoms with Crippen molar-refractivity contribution in [1.82, 2.24) is 14.8 Å². The van der Waals surface area contributed by atoms with Crippen LogP contribution >= 0.6 is 0 Å². The highest BCUT2D eigenvalue weighted by Gasteiger charge is 2.50. The molecule has 2 aliphatic rings. The van der Waals surface area contributed by atoms with Crippen LogP contribution in [0.4, 0.5) is 32.0 Å². The Bertz CT molecular complexity index is 1210. The second kappa shape index (κ2) is 9.45. The van der Waals surface area contributed by atoms with Crippen molar-refractivity contribution in [2.45, 2.75) is 49.9 Å². The Balaban J connectivity index is 1.64. The molecule has 1 amide bonds. The third kappa shape index (κ3) is 4.95. The van der Waals surface area contributed by atoms with E-state index in [1.807, 2.05) is 0 Å². The number of carbonyl (C=O) groups excluding carboxylic acids is 1. The van der Waals surface area contributed by atoms with Gasteiger partial charge in [-0.1, -0.05) is 18.2 Å². The van der Waals surface area contributed by atoms with E-state index in [4.69, 9.17) is 0 Å². The van der Waals surface area contributed by atoms with Crippen molar-refractivity contribution in [3.05, 3.63) is 63.3 Å². The van der Waals surface area contributed by atoms with Crippen molar-refractivity contribution in [3.8, 4) is 0 Å². The second-order valence-electron chi connectivity index (χ2n) is 9.58. The van der Waals surface area contributed by atoms with E-state index in [1.54, 1.807) is 11.9 Å². The van der Waals surface area contributed by atoms with Crippen LogP contribution < -0.4 is 16.2 Å². The first-order valence-corrected chi connectivity index (χ1v) is 11.4. The molecule has 0 spiro atoms. The van der Waals surface area contributed by atoms with E-state index in [1.165, 1.54) is 19.1 Å². The Hall–Kier alpha value is -3.02. The largest absolute Gasteiger partial charge is 0.381 e. The first-order valence-electron chi connectivity index (χ1n) is 11.4. The summed E-state index contributed by atoms with van der Waals surface area (Å²) in [6.45, 7) is 1.39. The number of hydrogen-bond acceptors (Lipinski definition) is 4. The number of alkyl halides is 5. The van der Waals surface area contributed by atoms with E-state index < -0.39 is 59.4 Å². The van der Waals surface area contributed by atoms with Crippen LogP contribution in [0.25, 0.3) is 0 Å². The molecule has 0 radical (unpaired) electrons. The predicted octanol–water partition coefficient (Wildman–Crippen LogP) is 4.45. The van der Waals surface area contributed by atoms with Crippen molar-refractivity contribution >= 4 is 11.6 Å². The number of carbonyl (C=O) groups is 1. The van der Waals surface area contributed by atoms with Crippen LogP contribution in [0, 0.1) is 5.82 Å². The lowest BCUT2D eigenvalue weighted by Crippen LogP contribution is -2.60. The molecule has 1 aliphatic heterocycles. The summed E-state index contributed by atoms with van der Waals surface area (Å²) in [5.41, 5.74) is -3.72. The average molecular weight is 516 g/mol. The summed E-state index contributed by atoms with van der Waals surface area (Å²) < 4.78 is 84.3. The summed E-state index contributed by atoms with van der Waals surface area (Å²) in [4.78, 5) is 27.5. The van der Waals surface area contributed by atoms with Crippen molar-refractivity contribution in [3.63, 3.8) is 0 Å². The molecule has 1 aromatic heterocycles. The lowest BCUT2D eigenvalue weighted by atomic mass is 9.87. The summed E-state index contributed by atoms with van der Waals surface area (Å²) in [6, 6.07) is 1.83. The molecule has 2 N–H and O–H groups in total. The van der Waals surface area contributed by atoms with Gasteiger partial charge in [0.15, 0.2) is 5.67 Å². The Labute approximate surface area is 203 Å². The van der Waals surface area contributed by atoms with Gasteiger partial charge < -0.3 is 15.2 Å². The molecule has 1 saturated heterocycles. The molecule has 2 fully saturated rings. The zero-order valence-corrected chi connectivity index (χ0v) is 19.6. The van der Waals surface area contributed by atoms with E-state index >= 15 is 0 Å². The van der Waals surface area contributed by atoms with Gasteiger partial charge in [-0.25, -0.2) is 26.3 Å². The normalized spacial score (nSPS) is 21.4. The third-order valence-corrected chi connectivity index (χ3v) is 6.71. The molecule has 1 aliphatic carbocycles. The highest BCUT2D eigenvalue weighted by molar-refractivity contribution is 5.99. The highest BCUT2D eigenvalue weighted by atomic mass is 19.3. The summed E-state index contributed by atoms with van der Waals surface area (Å²) in [5, 5.41) is 5.20. The van der Waals surface area contributed by atoms with Crippen LogP contribution in [0.5, 0.6) is 0 Å². The van der Waals surface area contributed by atoms with E-state index in [0.717, 1.165) is 22.9 Å². The number of aromatic nitrogens is 1. The molecule has 1 saturated carbocycles. The number of benzene rings is 1. The van der Waals surface area contributed by atoms with Crippen molar-refractivity contribution in [2.75, 3.05) is 32.0 Å². The monoisotopic (exact) mass is 516 g/mol. The quantitative estimate of drug-likeness (QED) is 0.509. The topological polar surface area (TPSA) is 66.4 Å². The van der Waals surface area contributed by atoms with Crippen LogP contribution in [0.1, 0.15) is 59.8 Å². The first kappa shape index (κ1) is 26.1. The smallest absolute Gasteiger partial charge is 0.268 e. The fraction of sp³-hybridized carbons (Fsp3) is 0.500. The van der Waals surface area contributed by atoms with Gasteiger partial charge in [0.2, 0.25) is 0 Å². The van der Waals surface area contributed by atoms with E-state index in [9.17, 15) is 35.9 Å². The Morgan fingerprint density at radius 1 is 1.19 bits per heavy atom. The molecule has 1 aromatic carbocycles. The number of halogens is 6. The van der Waals surface area contributed by atoms with Crippen LogP contribution in [0.3, 0.4) is 0 Å². The molecule has 36 heavy (non-hydrogen) atoms. The summed E-state index contributed by atoms with van der Waals surface area (Å²) >= 11 is 0. The summed E-state index contributed by atoms with van der Waals surface area (Å²) in [5.74, 6) is -5.17. The molecule has 6 nitrogen and oxygen atoms in total. The van der Waals surface area contributed by atoms with Gasteiger partial charge in [0.05, 0.1) is 29.4 Å². The van der Waals surface area contributed by atoms with Gasteiger partial charge in [0.25, 0.3) is 23.8 Å². The van der Waals surface area contributed by atoms with Crippen molar-refractivity contribution in [2.24, 2.45) is 0 Å². The molecular formula is C24H26F6N4O2. The maximum Gasteiger partial charge on any atom is 0.268 e. The molecule has 12 heteroatoms. The van der Waals surface area contributed by atoms with Crippen molar-refractivity contribution in [1.29, 1.82) is 0 Å². The lowest BCUT2D eigenvalue weighted by molar-refractivity contribution is -0.123. The van der Waals surface area contributed by atoms with Gasteiger partial charge in [-0.2, -0.15) is 0 Å². The van der Waals surface area contributed by atoms with Gasteiger partial charge in [-0.05, 0) is 20.4 Å². The van der Waals surface area contributed by atoms with E-state index in [0.29, 0.717) is 0 Å². The first-order chi connectivity index (χ1) is 16.8. The Kier molecular flexibility index (Phi) is 6.84. The maximum atomic E-state index is 14.7. The zero-order chi connectivity index (χ0) is 26.4. The number of pyridine rings is 1. The fourth-order valence-corrected chi connectivity index (χ4v) is 4.66. The van der Waals surface area contributed by atoms with Gasteiger partial charge in [0.1, 0.15) is 11.9 Å². The number of likely N-dealkylation sites (tertiary alicyclic amines) is 1. The molecule has 1 unspecified atom stereocenters. The molecule has 2 heterocycles. The third-order valence-electron chi connectivity index (χ3n) is 6.71. The number of amides is 1. The molecular weight excluding hydrogens is 490 g/mol. The van der Waals surface area contributed by atoms with Crippen LogP contribution in [0.2, 0.25) is 0 Å². The maximum absolute atomic E-state index is 14.7. The van der Waals surface area contributed by atoms with Gasteiger partial charge in [0, 0.05) is 37.3 Å². The standard InChI is InChI=1S/C24H26F6N4O2/c1-13(14-4-3-5-15(20(14)25)21(26)27)32-22(36)16-9-34(18-6-7-24(18,29)30)19(35)8-17(16)31-10-23(28)11-33(2)12-23/h3-5,8-9,13,18,21,31H,6-7,10-12H2,1-2H3,(H,32,36)/t13?,18-/m1/s1. The minimum absolute atomic E-state index is 0.0305. The molecule has 2 atom stereocenters. The van der Waals surface area contributed by atoms with E-state index in [2.05, 4.69) is 10.6 Å². The zero-order valence-electron chi connectivity index (χ0n) is 19.6. The molecule has 4 rings (SSSR count). The van der Waals surface area contributed by atoms with E-state index in [-0.39, 0.29) is 42.9 Å². The number of rotatable bonds is 8. The molecule has 0 bridgehead atoms. The van der Waals surface area contributed by atoms with Gasteiger partial charge >= 0.3 is 0 Å². The highest BCUT2D eigenvalue weighted by Crippen LogP contribution is 2.46. The summed E-state index contributed by atoms with van der Waals surface area (Å²) in [6.07, 6.45) is -2.45. The Morgan fingerprint density at radius 3 is 2.42 bits per heavy atom. The fourth-order valence-electron chi connectivity index (χ4n) is 4.66. The summed E-state index contributed by atoms with van der Waals surface area (Å²) in [7, 11) is 1.72. The lowest BCUT2D eigenvalue weighted by Gasteiger charge is -2.42. The number of nitrogens with zero attached hydrogens (tertiary/aromatic N) is 2. The van der Waals surface area contributed by atoms with Gasteiger partial charge in [-0.3, -0.25) is 14.5 Å². The predicted molar refractivity (Wildman–Crippen MR) is 121 cm³/mol. The van der Waals surface area contributed by atoms with Crippen LogP contribution in [-0.4, -0.2) is 53.6 Å². The second-order valence-corrected chi connectivity index (χ2v) is 9.58. The Morgan fingerprint density at radius 2 is 1.86 bits per heavy atom.